The minimum absolute atomic E-state index is 0.0774. The van der Waals surface area contributed by atoms with E-state index >= 15 is 0 Å². The number of carbonyl (C=O) groups is 2. The van der Waals surface area contributed by atoms with Gasteiger partial charge in [0.25, 0.3) is 5.91 Å². The second-order valence-electron chi connectivity index (χ2n) is 4.45. The number of nitrogens with one attached hydrogen (secondary N) is 1. The molecule has 0 fully saturated rings. The van der Waals surface area contributed by atoms with Gasteiger partial charge in [-0.15, -0.1) is 0 Å². The number of hydrogen-bond acceptors (Lipinski definition) is 3. The molecule has 0 aliphatic rings. The van der Waals surface area contributed by atoms with Gasteiger partial charge in [0.1, 0.15) is 5.75 Å². The highest BCUT2D eigenvalue weighted by Crippen LogP contribution is 2.35. The molecule has 5 nitrogen and oxygen atoms in total. The molecule has 7 heteroatoms. The molecular weight excluding hydrogens is 284 g/mol. The van der Waals surface area contributed by atoms with Gasteiger partial charge in [-0.25, -0.2) is 0 Å². The number of para-hydroxylation sites is 1. The van der Waals surface area contributed by atoms with Crippen molar-refractivity contribution in [1.29, 1.82) is 0 Å². The van der Waals surface area contributed by atoms with Gasteiger partial charge in [0.05, 0.1) is 18.1 Å². The lowest BCUT2D eigenvalue weighted by Crippen LogP contribution is -2.41. The van der Waals surface area contributed by atoms with E-state index in [1.165, 1.54) is 25.1 Å². The molecule has 0 aliphatic carbocycles. The molecule has 2 N–H and O–H groups in total. The molecule has 1 rings (SSSR count). The molecule has 0 saturated heterocycles. The fraction of sp³-hybridized carbons (Fsp3) is 0.429. The topological polar surface area (TPSA) is 75.6 Å². The van der Waals surface area contributed by atoms with E-state index in [0.717, 1.165) is 6.07 Å². The maximum Gasteiger partial charge on any atom is 0.353 e. The van der Waals surface area contributed by atoms with Crippen LogP contribution in [0.25, 0.3) is 0 Å². The van der Waals surface area contributed by atoms with Crippen LogP contribution in [-0.4, -0.2) is 30.1 Å². The van der Waals surface area contributed by atoms with E-state index < -0.39 is 29.3 Å². The first-order valence-electron chi connectivity index (χ1n) is 6.41. The zero-order valence-corrected chi connectivity index (χ0v) is 11.7. The Labute approximate surface area is 120 Å². The Morgan fingerprint density at radius 2 is 2.00 bits per heavy atom. The number of ether oxygens (including phenoxy) is 1. The van der Waals surface area contributed by atoms with Crippen LogP contribution in [0, 0.1) is 5.92 Å². The van der Waals surface area contributed by atoms with Crippen molar-refractivity contribution >= 4 is 11.9 Å². The number of carboxylic acids is 1. The molecule has 0 saturated carbocycles. The quantitative estimate of drug-likeness (QED) is 0.808. The Morgan fingerprint density at radius 1 is 1.38 bits per heavy atom. The zero-order valence-electron chi connectivity index (χ0n) is 11.7. The third kappa shape index (κ3) is 4.14. The predicted molar refractivity (Wildman–Crippen MR) is 71.3 cm³/mol. The average molecular weight is 301 g/mol. The fourth-order valence-electron chi connectivity index (χ4n) is 1.57. The van der Waals surface area contributed by atoms with Crippen molar-refractivity contribution < 1.29 is 28.2 Å². The average Bonchev–Trinajstić information content (AvgIpc) is 2.44. The lowest BCUT2D eigenvalue weighted by atomic mass is 10.1. The Kier molecular flexibility index (Phi) is 5.63. The highest BCUT2D eigenvalue weighted by atomic mass is 19.3. The molecule has 1 aromatic carbocycles. The SMILES string of the molecule is CCOc1ccccc1C(F)(F)C(=O)NCC(C)C(=O)O. The van der Waals surface area contributed by atoms with Crippen LogP contribution in [0.3, 0.4) is 0 Å². The molecular formula is C14H17F2NO4. The maximum absolute atomic E-state index is 14.1. The van der Waals surface area contributed by atoms with Crippen molar-refractivity contribution in [3.8, 4) is 5.75 Å². The van der Waals surface area contributed by atoms with Crippen molar-refractivity contribution in [3.05, 3.63) is 29.8 Å². The van der Waals surface area contributed by atoms with Crippen molar-refractivity contribution in [2.24, 2.45) is 5.92 Å². The van der Waals surface area contributed by atoms with Gasteiger partial charge in [-0.05, 0) is 19.1 Å². The number of carboxylic acid groups (broad SMARTS) is 1. The number of amides is 1. The molecule has 1 aromatic rings. The Bertz CT molecular complexity index is 519. The first-order chi connectivity index (χ1) is 9.80. The molecule has 1 amide bonds. The van der Waals surface area contributed by atoms with E-state index in [-0.39, 0.29) is 18.9 Å². The Morgan fingerprint density at radius 3 is 2.57 bits per heavy atom. The number of rotatable bonds is 7. The van der Waals surface area contributed by atoms with Crippen molar-refractivity contribution in [3.63, 3.8) is 0 Å². The van der Waals surface area contributed by atoms with Crippen LogP contribution in [-0.2, 0) is 15.5 Å². The largest absolute Gasteiger partial charge is 0.493 e. The van der Waals surface area contributed by atoms with Gasteiger partial charge >= 0.3 is 11.9 Å². The first kappa shape index (κ1) is 16.9. The molecule has 0 aromatic heterocycles. The lowest BCUT2D eigenvalue weighted by Gasteiger charge is -2.19. The Balaban J connectivity index is 2.89. The third-order valence-corrected chi connectivity index (χ3v) is 2.80. The van der Waals surface area contributed by atoms with Crippen LogP contribution in [0.2, 0.25) is 0 Å². The number of hydrogen-bond donors (Lipinski definition) is 2. The normalized spacial score (nSPS) is 12.6. The fourth-order valence-corrected chi connectivity index (χ4v) is 1.57. The second-order valence-corrected chi connectivity index (χ2v) is 4.45. The highest BCUT2D eigenvalue weighted by Gasteiger charge is 2.43. The van der Waals surface area contributed by atoms with Crippen molar-refractivity contribution in [2.75, 3.05) is 13.2 Å². The molecule has 0 bridgehead atoms. The zero-order chi connectivity index (χ0) is 16.0. The van der Waals surface area contributed by atoms with Crippen LogP contribution in [0.4, 0.5) is 8.78 Å². The Hall–Kier alpha value is -2.18. The van der Waals surface area contributed by atoms with Crippen LogP contribution in [0.15, 0.2) is 24.3 Å². The highest BCUT2D eigenvalue weighted by molar-refractivity contribution is 5.86. The van der Waals surface area contributed by atoms with Gasteiger partial charge < -0.3 is 15.2 Å². The molecule has 116 valence electrons. The standard InChI is InChI=1S/C14H17F2NO4/c1-3-21-11-7-5-4-6-10(11)14(15,16)13(20)17-8-9(2)12(18)19/h4-7,9H,3,8H2,1-2H3,(H,17,20)(H,18,19). The predicted octanol–water partition coefficient (Wildman–Crippen LogP) is 2.01. The van der Waals surface area contributed by atoms with E-state index in [9.17, 15) is 18.4 Å². The summed E-state index contributed by atoms with van der Waals surface area (Å²) >= 11 is 0. The van der Waals surface area contributed by atoms with Crippen LogP contribution >= 0.6 is 0 Å². The first-order valence-corrected chi connectivity index (χ1v) is 6.41. The summed E-state index contributed by atoms with van der Waals surface area (Å²) in [5, 5.41) is 10.6. The van der Waals surface area contributed by atoms with Gasteiger partial charge in [0.15, 0.2) is 0 Å². The number of benzene rings is 1. The van der Waals surface area contributed by atoms with E-state index in [1.54, 1.807) is 6.92 Å². The molecule has 1 atom stereocenters. The van der Waals surface area contributed by atoms with Gasteiger partial charge in [-0.3, -0.25) is 9.59 Å². The van der Waals surface area contributed by atoms with Gasteiger partial charge in [0, 0.05) is 6.54 Å². The van der Waals surface area contributed by atoms with Crippen molar-refractivity contribution in [1.82, 2.24) is 5.32 Å². The summed E-state index contributed by atoms with van der Waals surface area (Å²) in [6.45, 7) is 2.77. The van der Waals surface area contributed by atoms with Crippen LogP contribution < -0.4 is 10.1 Å². The van der Waals surface area contributed by atoms with E-state index in [1.807, 2.05) is 5.32 Å². The molecule has 1 unspecified atom stereocenters. The number of aliphatic carboxylic acids is 1. The number of halogens is 2. The minimum atomic E-state index is -3.80. The third-order valence-electron chi connectivity index (χ3n) is 2.80. The van der Waals surface area contributed by atoms with Crippen LogP contribution in [0.1, 0.15) is 19.4 Å². The van der Waals surface area contributed by atoms with Crippen molar-refractivity contribution in [2.45, 2.75) is 19.8 Å². The minimum Gasteiger partial charge on any atom is -0.493 e. The monoisotopic (exact) mass is 301 g/mol. The molecule has 0 aliphatic heterocycles. The van der Waals surface area contributed by atoms with E-state index in [2.05, 4.69) is 0 Å². The smallest absolute Gasteiger partial charge is 0.353 e. The van der Waals surface area contributed by atoms with Gasteiger partial charge in [-0.1, -0.05) is 19.1 Å². The van der Waals surface area contributed by atoms with Gasteiger partial charge in [0.2, 0.25) is 0 Å². The summed E-state index contributed by atoms with van der Waals surface area (Å²) in [5.74, 6) is -7.56. The lowest BCUT2D eigenvalue weighted by molar-refractivity contribution is -0.148. The summed E-state index contributed by atoms with van der Waals surface area (Å²) in [4.78, 5) is 22.3. The van der Waals surface area contributed by atoms with E-state index in [0.29, 0.717) is 0 Å². The van der Waals surface area contributed by atoms with Gasteiger partial charge in [-0.2, -0.15) is 8.78 Å². The molecule has 21 heavy (non-hydrogen) atoms. The maximum atomic E-state index is 14.1. The number of alkyl halides is 2. The summed E-state index contributed by atoms with van der Waals surface area (Å²) in [7, 11) is 0. The van der Waals surface area contributed by atoms with Crippen LogP contribution in [0.5, 0.6) is 5.75 Å². The summed E-state index contributed by atoms with van der Waals surface area (Å²) in [6.07, 6.45) is 0. The molecule has 0 heterocycles. The molecule has 0 radical (unpaired) electrons. The van der Waals surface area contributed by atoms with E-state index in [4.69, 9.17) is 9.84 Å². The molecule has 0 spiro atoms. The summed E-state index contributed by atoms with van der Waals surface area (Å²) in [6, 6.07) is 5.35. The second kappa shape index (κ2) is 7.01. The summed E-state index contributed by atoms with van der Waals surface area (Å²) in [5.41, 5.74) is -0.549. The summed E-state index contributed by atoms with van der Waals surface area (Å²) < 4.78 is 33.4. The number of carbonyl (C=O) groups excluding carboxylic acids is 1.